The molecule has 3 rings (SSSR count). The molecule has 1 aromatic carbocycles. The Labute approximate surface area is 169 Å². The number of hydrogen-bond acceptors (Lipinski definition) is 4. The summed E-state index contributed by atoms with van der Waals surface area (Å²) < 4.78 is 5.19. The first-order valence-electron chi connectivity index (χ1n) is 8.68. The normalized spacial score (nSPS) is 15.0. The maximum atomic E-state index is 12.3. The first-order valence-corrected chi connectivity index (χ1v) is 9.06. The molecule has 8 heteroatoms. The van der Waals surface area contributed by atoms with Gasteiger partial charge in [-0.25, -0.2) is 0 Å². The van der Waals surface area contributed by atoms with Crippen LogP contribution in [0.1, 0.15) is 29.0 Å². The summed E-state index contributed by atoms with van der Waals surface area (Å²) in [5, 5.41) is 6.33. The van der Waals surface area contributed by atoms with Gasteiger partial charge in [0.1, 0.15) is 5.76 Å². The molecule has 1 aliphatic heterocycles. The van der Waals surface area contributed by atoms with Crippen LogP contribution in [0.2, 0.25) is 5.02 Å². The molecule has 0 radical (unpaired) electrons. The minimum absolute atomic E-state index is 0. The molecule has 0 spiro atoms. The molecule has 6 nitrogen and oxygen atoms in total. The Morgan fingerprint density at radius 2 is 1.89 bits per heavy atom. The van der Waals surface area contributed by atoms with Crippen LogP contribution in [0.3, 0.4) is 0 Å². The van der Waals surface area contributed by atoms with Gasteiger partial charge < -0.3 is 15.1 Å². The standard InChI is InChI=1S/C19H22ClN3O3.ClH/c20-17-6-2-1-5-16(17)19(25)22-14-7-9-23(10-8-14)13-18(24)21-12-15-4-3-11-26-15;/h1-6,11,14H,7-10,12-13H2,(H,21,24)(H,22,25);1H. The molecule has 0 atom stereocenters. The molecule has 2 N–H and O–H groups in total. The van der Waals surface area contributed by atoms with Gasteiger partial charge in [-0.3, -0.25) is 14.5 Å². The number of halogens is 2. The van der Waals surface area contributed by atoms with Crippen molar-refractivity contribution in [1.82, 2.24) is 15.5 Å². The first-order chi connectivity index (χ1) is 12.6. The van der Waals surface area contributed by atoms with Crippen LogP contribution in [0.25, 0.3) is 0 Å². The highest BCUT2D eigenvalue weighted by molar-refractivity contribution is 6.33. The zero-order chi connectivity index (χ0) is 18.4. The minimum Gasteiger partial charge on any atom is -0.467 e. The second kappa shape index (κ2) is 10.3. The molecule has 2 heterocycles. The summed E-state index contributed by atoms with van der Waals surface area (Å²) in [6.07, 6.45) is 3.20. The van der Waals surface area contributed by atoms with Crippen molar-refractivity contribution in [2.45, 2.75) is 25.4 Å². The number of benzene rings is 1. The molecule has 1 aromatic heterocycles. The Hall–Kier alpha value is -2.02. The smallest absolute Gasteiger partial charge is 0.253 e. The summed E-state index contributed by atoms with van der Waals surface area (Å²) >= 11 is 6.06. The molecule has 1 aliphatic rings. The van der Waals surface area contributed by atoms with E-state index in [1.807, 2.05) is 6.07 Å². The molecule has 2 amide bonds. The van der Waals surface area contributed by atoms with Crippen molar-refractivity contribution in [1.29, 1.82) is 0 Å². The summed E-state index contributed by atoms with van der Waals surface area (Å²) in [4.78, 5) is 26.4. The third-order valence-electron chi connectivity index (χ3n) is 4.45. The number of carbonyl (C=O) groups is 2. The fourth-order valence-corrected chi connectivity index (χ4v) is 3.22. The Morgan fingerprint density at radius 3 is 2.56 bits per heavy atom. The predicted molar refractivity (Wildman–Crippen MR) is 106 cm³/mol. The number of likely N-dealkylation sites (tertiary alicyclic amines) is 1. The molecule has 2 aromatic rings. The highest BCUT2D eigenvalue weighted by atomic mass is 35.5. The number of nitrogens with zero attached hydrogens (tertiary/aromatic N) is 1. The number of nitrogens with one attached hydrogen (secondary N) is 2. The zero-order valence-corrected chi connectivity index (χ0v) is 16.4. The predicted octanol–water partition coefficient (Wildman–Crippen LogP) is 2.87. The van der Waals surface area contributed by atoms with Crippen LogP contribution in [-0.4, -0.2) is 42.4 Å². The monoisotopic (exact) mass is 411 g/mol. The van der Waals surface area contributed by atoms with Crippen molar-refractivity contribution in [3.05, 3.63) is 59.0 Å². The molecular formula is C19H23Cl2N3O3. The van der Waals surface area contributed by atoms with Gasteiger partial charge in [0, 0.05) is 19.1 Å². The van der Waals surface area contributed by atoms with Crippen LogP contribution >= 0.6 is 24.0 Å². The lowest BCUT2D eigenvalue weighted by atomic mass is 10.0. The average Bonchev–Trinajstić information content (AvgIpc) is 3.15. The van der Waals surface area contributed by atoms with Gasteiger partial charge in [-0.15, -0.1) is 12.4 Å². The van der Waals surface area contributed by atoms with Gasteiger partial charge in [0.2, 0.25) is 5.91 Å². The maximum absolute atomic E-state index is 12.3. The van der Waals surface area contributed by atoms with E-state index >= 15 is 0 Å². The van der Waals surface area contributed by atoms with Crippen molar-refractivity contribution in [3.8, 4) is 0 Å². The van der Waals surface area contributed by atoms with Gasteiger partial charge in [0.25, 0.3) is 5.91 Å². The van der Waals surface area contributed by atoms with Crippen molar-refractivity contribution in [2.75, 3.05) is 19.6 Å². The molecule has 1 saturated heterocycles. The van der Waals surface area contributed by atoms with Gasteiger partial charge >= 0.3 is 0 Å². The maximum Gasteiger partial charge on any atom is 0.253 e. The number of carbonyl (C=O) groups excluding carboxylic acids is 2. The molecule has 27 heavy (non-hydrogen) atoms. The van der Waals surface area contributed by atoms with Crippen LogP contribution in [0, 0.1) is 0 Å². The fourth-order valence-electron chi connectivity index (χ4n) is 3.00. The molecule has 0 unspecified atom stereocenters. The van der Waals surface area contributed by atoms with Crippen LogP contribution < -0.4 is 10.6 Å². The summed E-state index contributed by atoms with van der Waals surface area (Å²) in [6.45, 7) is 2.28. The lowest BCUT2D eigenvalue weighted by Crippen LogP contribution is -2.47. The SMILES string of the molecule is Cl.O=C(CN1CCC(NC(=O)c2ccccc2Cl)CC1)NCc1ccco1. The van der Waals surface area contributed by atoms with E-state index in [1.54, 1.807) is 36.6 Å². The highest BCUT2D eigenvalue weighted by Crippen LogP contribution is 2.16. The Balaban J connectivity index is 0.00000261. The third kappa shape index (κ3) is 6.27. The quantitative estimate of drug-likeness (QED) is 0.765. The lowest BCUT2D eigenvalue weighted by Gasteiger charge is -2.31. The third-order valence-corrected chi connectivity index (χ3v) is 4.78. The van der Waals surface area contributed by atoms with E-state index in [0.29, 0.717) is 23.7 Å². The van der Waals surface area contributed by atoms with E-state index in [2.05, 4.69) is 15.5 Å². The number of hydrogen-bond donors (Lipinski definition) is 2. The lowest BCUT2D eigenvalue weighted by molar-refractivity contribution is -0.122. The number of furan rings is 1. The van der Waals surface area contributed by atoms with Crippen LogP contribution in [0.5, 0.6) is 0 Å². The molecule has 146 valence electrons. The summed E-state index contributed by atoms with van der Waals surface area (Å²) in [6, 6.07) is 10.7. The summed E-state index contributed by atoms with van der Waals surface area (Å²) in [5.41, 5.74) is 0.494. The van der Waals surface area contributed by atoms with Crippen molar-refractivity contribution < 1.29 is 14.0 Å². The minimum atomic E-state index is -0.148. The molecule has 0 saturated carbocycles. The molecular weight excluding hydrogens is 389 g/mol. The van der Waals surface area contributed by atoms with Crippen LogP contribution in [0.4, 0.5) is 0 Å². The number of rotatable bonds is 6. The van der Waals surface area contributed by atoms with Gasteiger partial charge in [-0.2, -0.15) is 0 Å². The van der Waals surface area contributed by atoms with E-state index in [-0.39, 0.29) is 30.3 Å². The fraction of sp³-hybridized carbons (Fsp3) is 0.368. The Morgan fingerprint density at radius 1 is 1.15 bits per heavy atom. The van der Waals surface area contributed by atoms with Gasteiger partial charge in [0.05, 0.1) is 29.9 Å². The highest BCUT2D eigenvalue weighted by Gasteiger charge is 2.23. The topological polar surface area (TPSA) is 74.6 Å². The van der Waals surface area contributed by atoms with Gasteiger partial charge in [-0.05, 0) is 37.1 Å². The Kier molecular flexibility index (Phi) is 8.16. The van der Waals surface area contributed by atoms with E-state index in [9.17, 15) is 9.59 Å². The van der Waals surface area contributed by atoms with Crippen molar-refractivity contribution in [3.63, 3.8) is 0 Å². The molecule has 0 bridgehead atoms. The second-order valence-electron chi connectivity index (χ2n) is 6.36. The second-order valence-corrected chi connectivity index (χ2v) is 6.77. The molecule has 0 aliphatic carbocycles. The van der Waals surface area contributed by atoms with E-state index in [0.717, 1.165) is 31.7 Å². The van der Waals surface area contributed by atoms with E-state index < -0.39 is 0 Å². The average molecular weight is 412 g/mol. The number of piperidine rings is 1. The zero-order valence-electron chi connectivity index (χ0n) is 14.8. The van der Waals surface area contributed by atoms with Gasteiger partial charge in [0.15, 0.2) is 0 Å². The van der Waals surface area contributed by atoms with E-state index in [4.69, 9.17) is 16.0 Å². The van der Waals surface area contributed by atoms with E-state index in [1.165, 1.54) is 0 Å². The van der Waals surface area contributed by atoms with Crippen LogP contribution in [-0.2, 0) is 11.3 Å². The number of amides is 2. The summed E-state index contributed by atoms with van der Waals surface area (Å²) in [5.74, 6) is 0.560. The van der Waals surface area contributed by atoms with Crippen LogP contribution in [0.15, 0.2) is 47.1 Å². The van der Waals surface area contributed by atoms with Crippen molar-refractivity contribution in [2.24, 2.45) is 0 Å². The van der Waals surface area contributed by atoms with Gasteiger partial charge in [-0.1, -0.05) is 23.7 Å². The largest absolute Gasteiger partial charge is 0.467 e. The van der Waals surface area contributed by atoms with Crippen molar-refractivity contribution >= 4 is 35.8 Å². The Bertz CT molecular complexity index is 744. The first kappa shape index (κ1) is 21.3. The molecule has 1 fully saturated rings. The summed E-state index contributed by atoms with van der Waals surface area (Å²) in [7, 11) is 0.